The molecule has 1 aromatic carbocycles. The molecule has 3 heteroatoms. The van der Waals surface area contributed by atoms with Gasteiger partial charge in [0.2, 0.25) is 0 Å². The monoisotopic (exact) mass is 412 g/mol. The van der Waals surface area contributed by atoms with Crippen LogP contribution in [0.1, 0.15) is 0 Å². The Bertz CT molecular complexity index is 420. The van der Waals surface area contributed by atoms with Gasteiger partial charge in [0.25, 0.3) is 0 Å². The Morgan fingerprint density at radius 1 is 0.923 bits per heavy atom. The highest BCUT2D eigenvalue weighted by atomic mass is 127. The van der Waals surface area contributed by atoms with Crippen LogP contribution in [0, 0.1) is 6.45 Å². The highest BCUT2D eigenvalue weighted by Gasteiger charge is 2.06. The first-order valence-electron chi connectivity index (χ1n) is 3.77. The molecule has 13 heavy (non-hydrogen) atoms. The summed E-state index contributed by atoms with van der Waals surface area (Å²) in [5, 5.41) is 2.14. The first-order chi connectivity index (χ1) is 6.29. The second kappa shape index (κ2) is 4.27. The van der Waals surface area contributed by atoms with Gasteiger partial charge in [0.15, 0.2) is 0 Å². The Morgan fingerprint density at radius 2 is 1.69 bits per heavy atom. The molecule has 0 fully saturated rings. The molecule has 0 aliphatic heterocycles. The SMILES string of the molecule is Ic1ccccc1-c1ccsc1I. The second-order valence-corrected chi connectivity index (χ2v) is 6.48. The van der Waals surface area contributed by atoms with Crippen molar-refractivity contribution < 1.29 is 0 Å². The van der Waals surface area contributed by atoms with Crippen LogP contribution in [-0.4, -0.2) is 0 Å². The zero-order valence-electron chi connectivity index (χ0n) is 6.63. The number of hydrogen-bond acceptors (Lipinski definition) is 1. The van der Waals surface area contributed by atoms with Crippen LogP contribution < -0.4 is 0 Å². The van der Waals surface area contributed by atoms with Gasteiger partial charge in [0.1, 0.15) is 0 Å². The van der Waals surface area contributed by atoms with Crippen molar-refractivity contribution in [2.75, 3.05) is 0 Å². The molecular formula is C10H6I2S. The molecule has 0 bridgehead atoms. The lowest BCUT2D eigenvalue weighted by atomic mass is 10.1. The summed E-state index contributed by atoms with van der Waals surface area (Å²) in [6.07, 6.45) is 0. The number of halogens is 2. The minimum absolute atomic E-state index is 1.32. The number of benzene rings is 1. The van der Waals surface area contributed by atoms with Gasteiger partial charge in [-0.05, 0) is 68.3 Å². The van der Waals surface area contributed by atoms with Crippen molar-refractivity contribution in [1.29, 1.82) is 0 Å². The summed E-state index contributed by atoms with van der Waals surface area (Å²) in [5.41, 5.74) is 2.70. The first kappa shape index (κ1) is 9.92. The Kier molecular flexibility index (Phi) is 3.26. The quantitative estimate of drug-likeness (QED) is 0.600. The lowest BCUT2D eigenvalue weighted by Gasteiger charge is -2.01. The molecular weight excluding hydrogens is 406 g/mol. The third-order valence-corrected chi connectivity index (χ3v) is 4.77. The van der Waals surface area contributed by atoms with Crippen LogP contribution in [0.25, 0.3) is 11.1 Å². The van der Waals surface area contributed by atoms with Crippen molar-refractivity contribution in [3.05, 3.63) is 42.2 Å². The fourth-order valence-corrected chi connectivity index (χ4v) is 3.38. The molecule has 0 atom stereocenters. The summed E-state index contributed by atoms with van der Waals surface area (Å²) < 4.78 is 2.68. The highest BCUT2D eigenvalue weighted by Crippen LogP contribution is 2.32. The molecule has 0 amide bonds. The summed E-state index contributed by atoms with van der Waals surface area (Å²) in [7, 11) is 0. The molecule has 0 saturated carbocycles. The third kappa shape index (κ3) is 2.07. The van der Waals surface area contributed by atoms with Gasteiger partial charge in [-0.2, -0.15) is 0 Å². The fraction of sp³-hybridized carbons (Fsp3) is 0. The van der Waals surface area contributed by atoms with Crippen molar-refractivity contribution in [2.45, 2.75) is 0 Å². The topological polar surface area (TPSA) is 0 Å². The normalized spacial score (nSPS) is 10.3. The highest BCUT2D eigenvalue weighted by molar-refractivity contribution is 14.1. The number of thiophene rings is 1. The maximum atomic E-state index is 2.39. The van der Waals surface area contributed by atoms with Crippen LogP contribution in [0.5, 0.6) is 0 Å². The van der Waals surface area contributed by atoms with Crippen molar-refractivity contribution in [1.82, 2.24) is 0 Å². The van der Waals surface area contributed by atoms with Crippen LogP contribution in [0.2, 0.25) is 0 Å². The van der Waals surface area contributed by atoms with E-state index in [4.69, 9.17) is 0 Å². The molecule has 0 unspecified atom stereocenters. The van der Waals surface area contributed by atoms with Crippen molar-refractivity contribution in [3.8, 4) is 11.1 Å². The van der Waals surface area contributed by atoms with E-state index in [1.54, 1.807) is 11.3 Å². The molecule has 0 spiro atoms. The van der Waals surface area contributed by atoms with Crippen molar-refractivity contribution in [3.63, 3.8) is 0 Å². The average Bonchev–Trinajstić information content (AvgIpc) is 2.52. The van der Waals surface area contributed by atoms with Gasteiger partial charge in [-0.15, -0.1) is 11.3 Å². The van der Waals surface area contributed by atoms with E-state index >= 15 is 0 Å². The molecule has 0 radical (unpaired) electrons. The summed E-state index contributed by atoms with van der Waals surface area (Å²) in [5.74, 6) is 0. The molecule has 2 rings (SSSR count). The van der Waals surface area contributed by atoms with E-state index in [-0.39, 0.29) is 0 Å². The molecule has 0 saturated heterocycles. The minimum Gasteiger partial charge on any atom is -0.137 e. The lowest BCUT2D eigenvalue weighted by molar-refractivity contribution is 1.61. The molecule has 66 valence electrons. The predicted molar refractivity (Wildman–Crippen MR) is 75.2 cm³/mol. The summed E-state index contributed by atoms with van der Waals surface area (Å²) in [4.78, 5) is 0. The minimum atomic E-state index is 1.32. The van der Waals surface area contributed by atoms with Crippen LogP contribution in [0.3, 0.4) is 0 Å². The Morgan fingerprint density at radius 3 is 2.31 bits per heavy atom. The zero-order valence-corrected chi connectivity index (χ0v) is 11.8. The predicted octanol–water partition coefficient (Wildman–Crippen LogP) is 4.62. The standard InChI is InChI=1S/C10H6I2S/c11-9-4-2-1-3-7(9)8-5-6-13-10(8)12/h1-6H. The smallest absolute Gasteiger partial charge is 0.0732 e. The van der Waals surface area contributed by atoms with Crippen molar-refractivity contribution >= 4 is 56.5 Å². The number of rotatable bonds is 1. The number of hydrogen-bond donors (Lipinski definition) is 0. The summed E-state index contributed by atoms with van der Waals surface area (Å²) >= 11 is 6.56. The van der Waals surface area contributed by atoms with E-state index in [1.165, 1.54) is 17.6 Å². The molecule has 0 N–H and O–H groups in total. The van der Waals surface area contributed by atoms with Gasteiger partial charge in [-0.25, -0.2) is 0 Å². The molecule has 2 aromatic rings. The molecule has 0 aliphatic carbocycles. The van der Waals surface area contributed by atoms with E-state index < -0.39 is 0 Å². The summed E-state index contributed by atoms with van der Waals surface area (Å²) in [6.45, 7) is 0. The third-order valence-electron chi connectivity index (χ3n) is 1.78. The fourth-order valence-electron chi connectivity index (χ4n) is 1.17. The van der Waals surface area contributed by atoms with E-state index in [0.717, 1.165) is 0 Å². The molecule has 0 nitrogen and oxygen atoms in total. The lowest BCUT2D eigenvalue weighted by Crippen LogP contribution is -1.80. The van der Waals surface area contributed by atoms with Crippen LogP contribution in [0.4, 0.5) is 0 Å². The van der Waals surface area contributed by atoms with Gasteiger partial charge in [0.05, 0.1) is 2.88 Å². The average molecular weight is 412 g/mol. The van der Waals surface area contributed by atoms with Crippen LogP contribution >= 0.6 is 56.5 Å². The van der Waals surface area contributed by atoms with E-state index in [2.05, 4.69) is 80.9 Å². The van der Waals surface area contributed by atoms with Gasteiger partial charge in [-0.3, -0.25) is 0 Å². The molecule has 1 aromatic heterocycles. The van der Waals surface area contributed by atoms with Gasteiger partial charge in [0, 0.05) is 9.13 Å². The van der Waals surface area contributed by atoms with Gasteiger partial charge < -0.3 is 0 Å². The first-order valence-corrected chi connectivity index (χ1v) is 6.80. The molecule has 1 heterocycles. The Balaban J connectivity index is 2.59. The van der Waals surface area contributed by atoms with E-state index in [1.807, 2.05) is 0 Å². The maximum Gasteiger partial charge on any atom is 0.0732 e. The van der Waals surface area contributed by atoms with Crippen LogP contribution in [0.15, 0.2) is 35.7 Å². The Labute approximate surface area is 109 Å². The maximum absolute atomic E-state index is 2.39. The largest absolute Gasteiger partial charge is 0.137 e. The Hall–Kier alpha value is 0.380. The van der Waals surface area contributed by atoms with E-state index in [0.29, 0.717) is 0 Å². The van der Waals surface area contributed by atoms with E-state index in [9.17, 15) is 0 Å². The van der Waals surface area contributed by atoms with Crippen molar-refractivity contribution in [2.24, 2.45) is 0 Å². The molecule has 0 aliphatic rings. The van der Waals surface area contributed by atoms with Gasteiger partial charge >= 0.3 is 0 Å². The van der Waals surface area contributed by atoms with Crippen LogP contribution in [-0.2, 0) is 0 Å². The zero-order chi connectivity index (χ0) is 9.26. The summed E-state index contributed by atoms with van der Waals surface area (Å²) in [6, 6.07) is 10.7. The second-order valence-electron chi connectivity index (χ2n) is 2.59. The van der Waals surface area contributed by atoms with Gasteiger partial charge in [-0.1, -0.05) is 18.2 Å².